The van der Waals surface area contributed by atoms with Crippen LogP contribution < -0.4 is 0 Å². The summed E-state index contributed by atoms with van der Waals surface area (Å²) in [6.07, 6.45) is -2.33. The van der Waals surface area contributed by atoms with Crippen LogP contribution in [0.25, 0.3) is 0 Å². The van der Waals surface area contributed by atoms with Gasteiger partial charge in [0.25, 0.3) is 0 Å². The van der Waals surface area contributed by atoms with Crippen molar-refractivity contribution < 1.29 is 18.3 Å². The third-order valence-electron chi connectivity index (χ3n) is 2.05. The molecule has 1 radical (unpaired) electrons. The standard InChI is InChI=1S/C7H10F3O/c8-7(9,10)6(11)4-2-1-3-5-6/h1,11H,2-5H2. The lowest BCUT2D eigenvalue weighted by molar-refractivity contribution is -0.267. The van der Waals surface area contributed by atoms with Crippen molar-refractivity contribution in [1.82, 2.24) is 0 Å². The summed E-state index contributed by atoms with van der Waals surface area (Å²) >= 11 is 0. The van der Waals surface area contributed by atoms with Gasteiger partial charge in [-0.1, -0.05) is 0 Å². The summed E-state index contributed by atoms with van der Waals surface area (Å²) in [5, 5.41) is 9.06. The van der Waals surface area contributed by atoms with Gasteiger partial charge in [-0.3, -0.25) is 0 Å². The fourth-order valence-corrected chi connectivity index (χ4v) is 1.23. The lowest BCUT2D eigenvalue weighted by Gasteiger charge is -2.33. The zero-order valence-electron chi connectivity index (χ0n) is 5.99. The molecule has 1 rings (SSSR count). The first-order valence-electron chi connectivity index (χ1n) is 3.56. The van der Waals surface area contributed by atoms with E-state index in [-0.39, 0.29) is 12.8 Å². The van der Waals surface area contributed by atoms with Gasteiger partial charge < -0.3 is 5.11 Å². The predicted molar refractivity (Wildman–Crippen MR) is 33.8 cm³/mol. The molecule has 0 atom stereocenters. The Balaban J connectivity index is 2.64. The fourth-order valence-electron chi connectivity index (χ4n) is 1.23. The van der Waals surface area contributed by atoms with Gasteiger partial charge in [-0.25, -0.2) is 0 Å². The Labute approximate surface area is 63.2 Å². The second-order valence-electron chi connectivity index (χ2n) is 2.90. The summed E-state index contributed by atoms with van der Waals surface area (Å²) < 4.78 is 36.2. The Morgan fingerprint density at radius 3 is 1.91 bits per heavy atom. The molecule has 65 valence electrons. The minimum absolute atomic E-state index is 0.184. The first kappa shape index (κ1) is 8.84. The highest BCUT2D eigenvalue weighted by Gasteiger charge is 2.53. The van der Waals surface area contributed by atoms with Crippen LogP contribution in [0.5, 0.6) is 0 Å². The van der Waals surface area contributed by atoms with Crippen molar-refractivity contribution in [1.29, 1.82) is 0 Å². The minimum Gasteiger partial charge on any atom is -0.380 e. The van der Waals surface area contributed by atoms with Crippen LogP contribution >= 0.6 is 0 Å². The summed E-state index contributed by atoms with van der Waals surface area (Å²) in [6.45, 7) is 0. The van der Waals surface area contributed by atoms with Gasteiger partial charge in [0, 0.05) is 0 Å². The highest BCUT2D eigenvalue weighted by atomic mass is 19.4. The molecule has 1 nitrogen and oxygen atoms in total. The van der Waals surface area contributed by atoms with Crippen molar-refractivity contribution in [3.8, 4) is 0 Å². The van der Waals surface area contributed by atoms with Crippen LogP contribution in [0.3, 0.4) is 0 Å². The smallest absolute Gasteiger partial charge is 0.380 e. The minimum atomic E-state index is -4.46. The molecule has 0 aromatic heterocycles. The molecule has 0 aromatic carbocycles. The molecular formula is C7H10F3O. The zero-order chi connectivity index (χ0) is 8.54. The Morgan fingerprint density at radius 1 is 1.18 bits per heavy atom. The van der Waals surface area contributed by atoms with E-state index < -0.39 is 11.8 Å². The van der Waals surface area contributed by atoms with Crippen molar-refractivity contribution >= 4 is 0 Å². The molecule has 1 fully saturated rings. The van der Waals surface area contributed by atoms with Crippen LogP contribution in [-0.2, 0) is 0 Å². The number of rotatable bonds is 0. The first-order valence-corrected chi connectivity index (χ1v) is 3.56. The summed E-state index contributed by atoms with van der Waals surface area (Å²) in [5.74, 6) is 0. The van der Waals surface area contributed by atoms with Gasteiger partial charge in [0.1, 0.15) is 0 Å². The summed E-state index contributed by atoms with van der Waals surface area (Å²) in [7, 11) is 0. The van der Waals surface area contributed by atoms with Crippen molar-refractivity contribution in [2.24, 2.45) is 0 Å². The number of aliphatic hydroxyl groups is 1. The van der Waals surface area contributed by atoms with Crippen molar-refractivity contribution in [3.05, 3.63) is 6.42 Å². The molecule has 11 heavy (non-hydrogen) atoms. The molecule has 1 saturated carbocycles. The molecule has 0 saturated heterocycles. The zero-order valence-corrected chi connectivity index (χ0v) is 5.99. The molecule has 0 amide bonds. The molecule has 0 unspecified atom stereocenters. The van der Waals surface area contributed by atoms with Crippen LogP contribution in [-0.4, -0.2) is 16.9 Å². The summed E-state index contributed by atoms with van der Waals surface area (Å²) in [6, 6.07) is 0. The normalized spacial score (nSPS) is 25.1. The average Bonchev–Trinajstić information content (AvgIpc) is 1.87. The Morgan fingerprint density at radius 2 is 1.64 bits per heavy atom. The highest BCUT2D eigenvalue weighted by molar-refractivity contribution is 4.93. The third kappa shape index (κ3) is 1.67. The van der Waals surface area contributed by atoms with E-state index in [0.717, 1.165) is 0 Å². The van der Waals surface area contributed by atoms with Crippen LogP contribution in [0.1, 0.15) is 25.7 Å². The molecule has 1 N–H and O–H groups in total. The topological polar surface area (TPSA) is 20.2 Å². The molecule has 0 heterocycles. The van der Waals surface area contributed by atoms with Gasteiger partial charge >= 0.3 is 6.18 Å². The van der Waals surface area contributed by atoms with E-state index in [4.69, 9.17) is 5.11 Å². The van der Waals surface area contributed by atoms with Gasteiger partial charge in [0.15, 0.2) is 5.60 Å². The largest absolute Gasteiger partial charge is 0.417 e. The molecule has 0 bridgehead atoms. The van der Waals surface area contributed by atoms with Gasteiger partial charge in [0.05, 0.1) is 0 Å². The third-order valence-corrected chi connectivity index (χ3v) is 2.05. The lowest BCUT2D eigenvalue weighted by Crippen LogP contribution is -2.46. The fraction of sp³-hybridized carbons (Fsp3) is 0.857. The lowest BCUT2D eigenvalue weighted by atomic mass is 9.84. The van der Waals surface area contributed by atoms with E-state index in [0.29, 0.717) is 12.8 Å². The SMILES string of the molecule is OC1(C(F)(F)F)CC[CH]CC1. The molecule has 0 spiro atoms. The van der Waals surface area contributed by atoms with Crippen LogP contribution in [0, 0.1) is 6.42 Å². The molecule has 1 aliphatic carbocycles. The second kappa shape index (κ2) is 2.66. The van der Waals surface area contributed by atoms with E-state index in [1.807, 2.05) is 0 Å². The molecule has 1 aliphatic rings. The maximum Gasteiger partial charge on any atom is 0.417 e. The molecule has 0 aromatic rings. The van der Waals surface area contributed by atoms with Crippen LogP contribution in [0.4, 0.5) is 13.2 Å². The number of hydrogen-bond acceptors (Lipinski definition) is 1. The number of alkyl halides is 3. The quantitative estimate of drug-likeness (QED) is 0.585. The first-order chi connectivity index (χ1) is 4.96. The molecule has 0 aliphatic heterocycles. The van der Waals surface area contributed by atoms with Gasteiger partial charge in [-0.2, -0.15) is 13.2 Å². The van der Waals surface area contributed by atoms with E-state index >= 15 is 0 Å². The van der Waals surface area contributed by atoms with E-state index in [1.54, 1.807) is 6.42 Å². The number of hydrogen-bond donors (Lipinski definition) is 1. The van der Waals surface area contributed by atoms with E-state index in [9.17, 15) is 13.2 Å². The maximum absolute atomic E-state index is 12.1. The van der Waals surface area contributed by atoms with Gasteiger partial charge in [0.2, 0.25) is 0 Å². The van der Waals surface area contributed by atoms with Crippen LogP contribution in [0.15, 0.2) is 0 Å². The van der Waals surface area contributed by atoms with E-state index in [1.165, 1.54) is 0 Å². The van der Waals surface area contributed by atoms with Crippen molar-refractivity contribution in [3.63, 3.8) is 0 Å². The molecular weight excluding hydrogens is 157 g/mol. The summed E-state index contributed by atoms with van der Waals surface area (Å²) in [4.78, 5) is 0. The van der Waals surface area contributed by atoms with Gasteiger partial charge in [-0.15, -0.1) is 0 Å². The highest BCUT2D eigenvalue weighted by Crippen LogP contribution is 2.40. The van der Waals surface area contributed by atoms with Crippen molar-refractivity contribution in [2.75, 3.05) is 0 Å². The Kier molecular flexibility index (Phi) is 2.14. The average molecular weight is 167 g/mol. The predicted octanol–water partition coefficient (Wildman–Crippen LogP) is 2.06. The Hall–Kier alpha value is -0.250. The van der Waals surface area contributed by atoms with Crippen LogP contribution in [0.2, 0.25) is 0 Å². The Bertz CT molecular complexity index is 135. The van der Waals surface area contributed by atoms with Crippen molar-refractivity contribution in [2.45, 2.75) is 37.5 Å². The van der Waals surface area contributed by atoms with E-state index in [2.05, 4.69) is 0 Å². The maximum atomic E-state index is 12.1. The van der Waals surface area contributed by atoms with Gasteiger partial charge in [-0.05, 0) is 32.1 Å². The molecule has 4 heteroatoms. The number of halogens is 3. The second-order valence-corrected chi connectivity index (χ2v) is 2.90. The summed E-state index contributed by atoms with van der Waals surface area (Å²) in [5.41, 5.74) is -2.41. The monoisotopic (exact) mass is 167 g/mol.